The molecule has 1 aliphatic carbocycles. The van der Waals surface area contributed by atoms with Gasteiger partial charge in [0.05, 0.1) is 0 Å². The topological polar surface area (TPSA) is 53.9 Å². The molecule has 2 aliphatic rings. The van der Waals surface area contributed by atoms with Gasteiger partial charge in [0.1, 0.15) is 5.82 Å². The fourth-order valence-corrected chi connectivity index (χ4v) is 5.26. The van der Waals surface area contributed by atoms with Gasteiger partial charge in [0, 0.05) is 30.6 Å². The van der Waals surface area contributed by atoms with E-state index < -0.39 is 0 Å². The Balaban J connectivity index is 1.30. The molecule has 0 bridgehead atoms. The van der Waals surface area contributed by atoms with Crippen LogP contribution in [0.5, 0.6) is 0 Å². The number of hydrogen-bond donors (Lipinski definition) is 1. The number of H-pyrrole nitrogens is 1. The smallest absolute Gasteiger partial charge is 0.253 e. The summed E-state index contributed by atoms with van der Waals surface area (Å²) >= 11 is 5.39. The Hall–Kier alpha value is -2.73. The summed E-state index contributed by atoms with van der Waals surface area (Å²) in [6, 6.07) is 15.0. The van der Waals surface area contributed by atoms with Gasteiger partial charge in [0.25, 0.3) is 5.91 Å². The zero-order valence-corrected chi connectivity index (χ0v) is 18.2. The van der Waals surface area contributed by atoms with E-state index in [-0.39, 0.29) is 11.9 Å². The third-order valence-electron chi connectivity index (χ3n) is 6.44. The quantitative estimate of drug-likeness (QED) is 0.470. The van der Waals surface area contributed by atoms with E-state index in [4.69, 9.17) is 12.2 Å². The molecule has 0 radical (unpaired) electrons. The number of fused-ring (bicyclic) bond motifs is 3. The van der Waals surface area contributed by atoms with Crippen molar-refractivity contribution in [1.29, 1.82) is 0 Å². The molecule has 2 heterocycles. The van der Waals surface area contributed by atoms with Crippen LogP contribution in [0.1, 0.15) is 66.0 Å². The number of nitrogens with one attached hydrogen (secondary N) is 1. The molecule has 30 heavy (non-hydrogen) atoms. The number of aromatic amines is 1. The van der Waals surface area contributed by atoms with E-state index in [0.717, 1.165) is 43.7 Å². The number of hydrogen-bond acceptors (Lipinski definition) is 3. The molecule has 1 aliphatic heterocycles. The lowest BCUT2D eigenvalue weighted by Gasteiger charge is -2.32. The van der Waals surface area contributed by atoms with Gasteiger partial charge in [-0.05, 0) is 79.7 Å². The Bertz CT molecular complexity index is 1170. The molecule has 0 spiro atoms. The molecule has 0 saturated carbocycles. The largest absolute Gasteiger partial charge is 0.339 e. The van der Waals surface area contributed by atoms with E-state index in [1.807, 2.05) is 11.0 Å². The van der Waals surface area contributed by atoms with Crippen LogP contribution in [0, 0.1) is 4.77 Å². The van der Waals surface area contributed by atoms with Crippen molar-refractivity contribution in [2.75, 3.05) is 13.1 Å². The van der Waals surface area contributed by atoms with Crippen LogP contribution < -0.4 is 0 Å². The number of aromatic nitrogens is 3. The van der Waals surface area contributed by atoms with Crippen molar-refractivity contribution in [2.24, 2.45) is 0 Å². The van der Waals surface area contributed by atoms with Crippen molar-refractivity contribution in [3.05, 3.63) is 69.8 Å². The van der Waals surface area contributed by atoms with Crippen LogP contribution in [0.2, 0.25) is 0 Å². The number of carbonyl (C=O) groups is 1. The van der Waals surface area contributed by atoms with Crippen molar-refractivity contribution in [1.82, 2.24) is 19.7 Å². The van der Waals surface area contributed by atoms with E-state index in [2.05, 4.69) is 65.0 Å². The van der Waals surface area contributed by atoms with E-state index in [9.17, 15) is 4.79 Å². The average molecular weight is 419 g/mol. The van der Waals surface area contributed by atoms with Crippen molar-refractivity contribution < 1.29 is 4.79 Å². The molecule has 5 rings (SSSR count). The monoisotopic (exact) mass is 418 g/mol. The highest BCUT2D eigenvalue weighted by atomic mass is 32.1. The molecule has 0 atom stereocenters. The van der Waals surface area contributed by atoms with Crippen LogP contribution in [-0.2, 0) is 6.42 Å². The summed E-state index contributed by atoms with van der Waals surface area (Å²) < 4.78 is 2.79. The van der Waals surface area contributed by atoms with Crippen molar-refractivity contribution in [3.8, 4) is 11.1 Å². The Kier molecular flexibility index (Phi) is 4.82. The zero-order chi connectivity index (χ0) is 20.8. The summed E-state index contributed by atoms with van der Waals surface area (Å²) in [5.41, 5.74) is 5.95. The molecule has 3 aromatic rings. The number of rotatable bonds is 3. The van der Waals surface area contributed by atoms with Gasteiger partial charge in [-0.25, -0.2) is 0 Å². The molecule has 1 aromatic heterocycles. The van der Waals surface area contributed by atoms with E-state index in [1.54, 1.807) is 0 Å². The molecular weight excluding hydrogens is 392 g/mol. The van der Waals surface area contributed by atoms with Gasteiger partial charge in [-0.15, -0.1) is 0 Å². The number of likely N-dealkylation sites (tertiary alicyclic amines) is 1. The van der Waals surface area contributed by atoms with E-state index in [1.165, 1.54) is 22.3 Å². The highest BCUT2D eigenvalue weighted by Crippen LogP contribution is 2.37. The number of carbonyl (C=O) groups excluding carboxylic acids is 1. The van der Waals surface area contributed by atoms with Gasteiger partial charge in [0.15, 0.2) is 4.77 Å². The second-order valence-corrected chi connectivity index (χ2v) is 9.01. The minimum atomic E-state index is 0.134. The number of benzene rings is 2. The fourth-order valence-electron chi connectivity index (χ4n) is 4.91. The van der Waals surface area contributed by atoms with Crippen molar-refractivity contribution in [3.63, 3.8) is 0 Å². The summed E-state index contributed by atoms with van der Waals surface area (Å²) in [5, 5.41) is 7.43. The summed E-state index contributed by atoms with van der Waals surface area (Å²) in [5.74, 6) is 1.49. The molecule has 1 saturated heterocycles. The van der Waals surface area contributed by atoms with Crippen LogP contribution in [0.4, 0.5) is 0 Å². The first kappa shape index (κ1) is 19.2. The molecule has 2 aromatic carbocycles. The lowest BCUT2D eigenvalue weighted by Crippen LogP contribution is -2.38. The highest BCUT2D eigenvalue weighted by Gasteiger charge is 2.29. The minimum Gasteiger partial charge on any atom is -0.339 e. The molecule has 1 fully saturated rings. The predicted molar refractivity (Wildman–Crippen MR) is 120 cm³/mol. The van der Waals surface area contributed by atoms with Crippen LogP contribution in [0.15, 0.2) is 42.5 Å². The SMILES string of the molecule is CC(C)n1c(C2CCN(C(=O)c3ccc4c(c3)Cc3ccccc3-4)CC2)n[nH]c1=S. The minimum absolute atomic E-state index is 0.134. The maximum atomic E-state index is 13.2. The Morgan fingerprint density at radius 2 is 1.83 bits per heavy atom. The average Bonchev–Trinajstić information content (AvgIpc) is 3.33. The Labute approximate surface area is 181 Å². The van der Waals surface area contributed by atoms with Crippen LogP contribution in [-0.4, -0.2) is 38.7 Å². The molecule has 0 unspecified atom stereocenters. The normalized spacial score (nSPS) is 16.0. The lowest BCUT2D eigenvalue weighted by molar-refractivity contribution is 0.0710. The first-order valence-electron chi connectivity index (χ1n) is 10.7. The van der Waals surface area contributed by atoms with Gasteiger partial charge in [-0.3, -0.25) is 9.89 Å². The number of nitrogens with zero attached hydrogens (tertiary/aromatic N) is 3. The van der Waals surface area contributed by atoms with Gasteiger partial charge in [-0.2, -0.15) is 5.10 Å². The van der Waals surface area contributed by atoms with Crippen LogP contribution in [0.25, 0.3) is 11.1 Å². The first-order chi connectivity index (χ1) is 14.5. The van der Waals surface area contributed by atoms with Crippen molar-refractivity contribution in [2.45, 2.75) is 45.1 Å². The molecule has 5 nitrogen and oxygen atoms in total. The van der Waals surface area contributed by atoms with Gasteiger partial charge in [0.2, 0.25) is 0 Å². The van der Waals surface area contributed by atoms with Crippen molar-refractivity contribution >= 4 is 18.1 Å². The Morgan fingerprint density at radius 1 is 1.10 bits per heavy atom. The Morgan fingerprint density at radius 3 is 2.60 bits per heavy atom. The summed E-state index contributed by atoms with van der Waals surface area (Å²) in [6.07, 6.45) is 2.73. The lowest BCUT2D eigenvalue weighted by atomic mass is 9.94. The van der Waals surface area contributed by atoms with Gasteiger partial charge >= 0.3 is 0 Å². The zero-order valence-electron chi connectivity index (χ0n) is 17.4. The molecule has 154 valence electrons. The van der Waals surface area contributed by atoms with Crippen LogP contribution in [0.3, 0.4) is 0 Å². The first-order valence-corrected chi connectivity index (χ1v) is 11.1. The second-order valence-electron chi connectivity index (χ2n) is 8.62. The second kappa shape index (κ2) is 7.51. The third-order valence-corrected chi connectivity index (χ3v) is 6.72. The number of amides is 1. The molecule has 1 N–H and O–H groups in total. The predicted octanol–water partition coefficient (Wildman–Crippen LogP) is 5.11. The summed E-state index contributed by atoms with van der Waals surface area (Å²) in [4.78, 5) is 15.2. The van der Waals surface area contributed by atoms with E-state index in [0.29, 0.717) is 10.7 Å². The maximum Gasteiger partial charge on any atom is 0.253 e. The summed E-state index contributed by atoms with van der Waals surface area (Å²) in [7, 11) is 0. The molecule has 1 amide bonds. The third kappa shape index (κ3) is 3.19. The number of piperidine rings is 1. The maximum absolute atomic E-state index is 13.2. The molecular formula is C24H26N4OS. The fraction of sp³-hybridized carbons (Fsp3) is 0.375. The standard InChI is InChI=1S/C24H26N4OS/c1-15(2)28-22(25-26-24(28)30)16-9-11-27(12-10-16)23(29)18-7-8-21-19(14-18)13-17-5-3-4-6-20(17)21/h3-8,14-16H,9-13H2,1-2H3,(H,26,30). The summed E-state index contributed by atoms with van der Waals surface area (Å²) in [6.45, 7) is 5.75. The molecule has 6 heteroatoms. The van der Waals surface area contributed by atoms with E-state index >= 15 is 0 Å². The highest BCUT2D eigenvalue weighted by molar-refractivity contribution is 7.71. The van der Waals surface area contributed by atoms with Gasteiger partial charge in [-0.1, -0.05) is 30.3 Å². The van der Waals surface area contributed by atoms with Crippen LogP contribution >= 0.6 is 12.2 Å². The van der Waals surface area contributed by atoms with Gasteiger partial charge < -0.3 is 9.47 Å².